The van der Waals surface area contributed by atoms with Crippen molar-refractivity contribution in [2.75, 3.05) is 0 Å². The van der Waals surface area contributed by atoms with Crippen molar-refractivity contribution in [3.8, 4) is 0 Å². The van der Waals surface area contributed by atoms with E-state index < -0.39 is 35.2 Å². The van der Waals surface area contributed by atoms with Crippen LogP contribution in [0.3, 0.4) is 0 Å². The number of alkyl halides is 1. The summed E-state index contributed by atoms with van der Waals surface area (Å²) >= 11 is 0. The summed E-state index contributed by atoms with van der Waals surface area (Å²) in [6.45, 7) is 7.10. The van der Waals surface area contributed by atoms with Gasteiger partial charge in [-0.05, 0) is 12.5 Å². The molecule has 108 valence electrons. The van der Waals surface area contributed by atoms with E-state index in [1.54, 1.807) is 13.0 Å². The second-order valence-electron chi connectivity index (χ2n) is 4.92. The third-order valence-electron chi connectivity index (χ3n) is 3.89. The third kappa shape index (κ3) is 2.17. The lowest BCUT2D eigenvalue weighted by molar-refractivity contribution is -0.0640. The van der Waals surface area contributed by atoms with Gasteiger partial charge in [-0.1, -0.05) is 20.4 Å². The number of hydrogen-bond donors (Lipinski definition) is 1. The number of nitrogens with zero attached hydrogens (tertiary/aromatic N) is 1. The van der Waals surface area contributed by atoms with Crippen LogP contribution in [-0.4, -0.2) is 21.3 Å². The van der Waals surface area contributed by atoms with Gasteiger partial charge in [-0.15, -0.1) is 5.73 Å². The van der Waals surface area contributed by atoms with Crippen molar-refractivity contribution in [2.45, 2.75) is 38.3 Å². The molecule has 0 radical (unpaired) electrons. The topological polar surface area (TPSA) is 64.1 Å². The van der Waals surface area contributed by atoms with Crippen molar-refractivity contribution in [2.24, 2.45) is 5.92 Å². The van der Waals surface area contributed by atoms with Gasteiger partial charge in [-0.3, -0.25) is 14.3 Å². The maximum absolute atomic E-state index is 14.5. The van der Waals surface area contributed by atoms with Gasteiger partial charge in [0.15, 0.2) is 12.4 Å². The lowest BCUT2D eigenvalue weighted by Gasteiger charge is -2.27. The number of halogens is 1. The van der Waals surface area contributed by atoms with E-state index in [1.807, 2.05) is 6.92 Å². The number of aromatic amines is 1. The summed E-state index contributed by atoms with van der Waals surface area (Å²) in [5, 5.41) is 0. The van der Waals surface area contributed by atoms with E-state index in [4.69, 9.17) is 4.74 Å². The van der Waals surface area contributed by atoms with Crippen LogP contribution in [-0.2, 0) is 4.74 Å². The Hall–Kier alpha value is -1.91. The van der Waals surface area contributed by atoms with Gasteiger partial charge in [0.25, 0.3) is 5.56 Å². The van der Waals surface area contributed by atoms with Crippen LogP contribution in [0.1, 0.15) is 26.5 Å². The summed E-state index contributed by atoms with van der Waals surface area (Å²) in [7, 11) is 0. The van der Waals surface area contributed by atoms with Crippen LogP contribution in [0.2, 0.25) is 0 Å². The predicted molar refractivity (Wildman–Crippen MR) is 72.2 cm³/mol. The van der Waals surface area contributed by atoms with Gasteiger partial charge in [0.1, 0.15) is 5.60 Å². The Balaban J connectivity index is 2.47. The average Bonchev–Trinajstić information content (AvgIpc) is 2.65. The lowest BCUT2D eigenvalue weighted by Crippen LogP contribution is -2.34. The molecule has 0 saturated carbocycles. The number of ether oxygens (including phenoxy) is 1. The molecular weight excluding hydrogens is 263 g/mol. The van der Waals surface area contributed by atoms with Crippen LogP contribution < -0.4 is 11.2 Å². The Morgan fingerprint density at radius 3 is 2.90 bits per heavy atom. The van der Waals surface area contributed by atoms with Gasteiger partial charge >= 0.3 is 5.69 Å². The fraction of sp³-hybridized carbons (Fsp3) is 0.500. The SMILES string of the molecule is C=C=C[C@]1(CC)O[C@@H](n2ccc(=O)[nH]c2=O)[C@@H](F)[C@@H]1C. The molecule has 1 aliphatic heterocycles. The molecule has 1 saturated heterocycles. The summed E-state index contributed by atoms with van der Waals surface area (Å²) < 4.78 is 21.4. The zero-order valence-electron chi connectivity index (χ0n) is 11.4. The Labute approximate surface area is 115 Å². The minimum Gasteiger partial charge on any atom is -0.343 e. The first kappa shape index (κ1) is 14.5. The van der Waals surface area contributed by atoms with Crippen LogP contribution >= 0.6 is 0 Å². The molecular formula is C14H17FN2O3. The molecule has 0 amide bonds. The molecule has 1 N–H and O–H groups in total. The van der Waals surface area contributed by atoms with Crippen molar-refractivity contribution in [1.82, 2.24) is 9.55 Å². The summed E-state index contributed by atoms with van der Waals surface area (Å²) in [5.74, 6) is -0.453. The van der Waals surface area contributed by atoms with Crippen LogP contribution in [0.15, 0.2) is 40.2 Å². The third-order valence-corrected chi connectivity index (χ3v) is 3.89. The van der Waals surface area contributed by atoms with E-state index in [9.17, 15) is 14.0 Å². The monoisotopic (exact) mass is 280 g/mol. The summed E-state index contributed by atoms with van der Waals surface area (Å²) in [5.41, 5.74) is 0.575. The summed E-state index contributed by atoms with van der Waals surface area (Å²) in [6, 6.07) is 1.16. The van der Waals surface area contributed by atoms with E-state index >= 15 is 0 Å². The van der Waals surface area contributed by atoms with E-state index in [2.05, 4.69) is 17.3 Å². The summed E-state index contributed by atoms with van der Waals surface area (Å²) in [6.07, 6.45) is 0.934. The second kappa shape index (κ2) is 5.23. The fourth-order valence-corrected chi connectivity index (χ4v) is 2.60. The van der Waals surface area contributed by atoms with Gasteiger partial charge in [0.05, 0.1) is 0 Å². The summed E-state index contributed by atoms with van der Waals surface area (Å²) in [4.78, 5) is 24.9. The minimum atomic E-state index is -1.37. The molecule has 20 heavy (non-hydrogen) atoms. The molecule has 6 heteroatoms. The molecule has 2 rings (SSSR count). The Morgan fingerprint density at radius 1 is 1.65 bits per heavy atom. The number of nitrogens with one attached hydrogen (secondary N) is 1. The highest BCUT2D eigenvalue weighted by Gasteiger charge is 2.52. The average molecular weight is 280 g/mol. The molecule has 5 nitrogen and oxygen atoms in total. The molecule has 0 aromatic carbocycles. The smallest absolute Gasteiger partial charge is 0.330 e. The van der Waals surface area contributed by atoms with E-state index in [0.29, 0.717) is 6.42 Å². The molecule has 2 heterocycles. The fourth-order valence-electron chi connectivity index (χ4n) is 2.60. The molecule has 1 aromatic rings. The molecule has 1 aromatic heterocycles. The zero-order valence-corrected chi connectivity index (χ0v) is 11.4. The van der Waals surface area contributed by atoms with Gasteiger partial charge in [-0.2, -0.15) is 0 Å². The van der Waals surface area contributed by atoms with Crippen LogP contribution in [0.5, 0.6) is 0 Å². The largest absolute Gasteiger partial charge is 0.343 e. The highest BCUT2D eigenvalue weighted by molar-refractivity contribution is 5.10. The second-order valence-corrected chi connectivity index (χ2v) is 4.92. The zero-order chi connectivity index (χ0) is 14.9. The van der Waals surface area contributed by atoms with E-state index in [1.165, 1.54) is 6.20 Å². The molecule has 0 aliphatic carbocycles. The van der Waals surface area contributed by atoms with Gasteiger partial charge < -0.3 is 4.74 Å². The van der Waals surface area contributed by atoms with Crippen LogP contribution in [0.25, 0.3) is 0 Å². The van der Waals surface area contributed by atoms with Crippen molar-refractivity contribution in [3.63, 3.8) is 0 Å². The molecule has 4 atom stereocenters. The normalized spacial score (nSPS) is 32.9. The first-order chi connectivity index (χ1) is 9.45. The van der Waals surface area contributed by atoms with E-state index in [0.717, 1.165) is 10.6 Å². The molecule has 1 aliphatic rings. The Kier molecular flexibility index (Phi) is 3.79. The quantitative estimate of drug-likeness (QED) is 0.854. The molecule has 0 unspecified atom stereocenters. The maximum atomic E-state index is 14.5. The van der Waals surface area contributed by atoms with Crippen molar-refractivity contribution < 1.29 is 9.13 Å². The predicted octanol–water partition coefficient (Wildman–Crippen LogP) is 1.53. The number of H-pyrrole nitrogens is 1. The number of hydrogen-bond acceptors (Lipinski definition) is 3. The Bertz CT molecular complexity index is 659. The molecule has 1 fully saturated rings. The molecule has 0 bridgehead atoms. The van der Waals surface area contributed by atoms with Gasteiger partial charge in [0, 0.05) is 18.2 Å². The number of rotatable bonds is 3. The molecule has 0 spiro atoms. The van der Waals surface area contributed by atoms with Gasteiger partial charge in [-0.25, -0.2) is 9.18 Å². The van der Waals surface area contributed by atoms with Crippen LogP contribution in [0, 0.1) is 5.92 Å². The van der Waals surface area contributed by atoms with Crippen molar-refractivity contribution in [1.29, 1.82) is 0 Å². The van der Waals surface area contributed by atoms with Crippen LogP contribution in [0.4, 0.5) is 4.39 Å². The Morgan fingerprint density at radius 2 is 2.35 bits per heavy atom. The maximum Gasteiger partial charge on any atom is 0.330 e. The number of aromatic nitrogens is 2. The first-order valence-corrected chi connectivity index (χ1v) is 6.45. The first-order valence-electron chi connectivity index (χ1n) is 6.45. The van der Waals surface area contributed by atoms with E-state index in [-0.39, 0.29) is 0 Å². The highest BCUT2D eigenvalue weighted by Crippen LogP contribution is 2.45. The minimum absolute atomic E-state index is 0.453. The lowest BCUT2D eigenvalue weighted by atomic mass is 9.85. The highest BCUT2D eigenvalue weighted by atomic mass is 19.1. The van der Waals surface area contributed by atoms with Crippen molar-refractivity contribution >= 4 is 0 Å². The standard InChI is InChI=1S/C14H17FN2O3/c1-4-7-14(5-2)9(3)11(15)12(20-14)17-8-6-10(18)16-13(17)19/h6-9,11-12H,1,5H2,2-3H3,(H,16,18,19)/t9-,11-,12+,14-/m0/s1. The van der Waals surface area contributed by atoms with Gasteiger partial charge in [0.2, 0.25) is 0 Å². The van der Waals surface area contributed by atoms with Crippen molar-refractivity contribution in [3.05, 3.63) is 51.5 Å².